The average molecular weight is 347 g/mol. The highest BCUT2D eigenvalue weighted by Crippen LogP contribution is 2.34. The van der Waals surface area contributed by atoms with E-state index < -0.39 is 11.2 Å². The maximum Gasteiger partial charge on any atom is 0.359 e. The lowest BCUT2D eigenvalue weighted by molar-refractivity contribution is -0.233. The molecule has 25 heavy (non-hydrogen) atoms. The molecule has 136 valence electrons. The molecule has 1 aliphatic heterocycles. The molecule has 0 amide bonds. The number of aryl methyl sites for hydroxylation is 1. The van der Waals surface area contributed by atoms with Crippen molar-refractivity contribution in [2.24, 2.45) is 0 Å². The van der Waals surface area contributed by atoms with Crippen LogP contribution in [0.5, 0.6) is 5.75 Å². The normalized spacial score (nSPS) is 22.8. The predicted molar refractivity (Wildman–Crippen MR) is 96.4 cm³/mol. The highest BCUT2D eigenvalue weighted by Gasteiger charge is 2.39. The maximum absolute atomic E-state index is 12.0. The van der Waals surface area contributed by atoms with Crippen molar-refractivity contribution >= 4 is 16.7 Å². The van der Waals surface area contributed by atoms with Crippen LogP contribution in [0.2, 0.25) is 0 Å². The van der Waals surface area contributed by atoms with Crippen LogP contribution in [-0.2, 0) is 9.47 Å². The molecule has 1 saturated heterocycles. The van der Waals surface area contributed by atoms with Gasteiger partial charge in [0.1, 0.15) is 17.0 Å². The summed E-state index contributed by atoms with van der Waals surface area (Å²) in [7, 11) is 3.39. The number of hydrogen-bond acceptors (Lipinski definition) is 6. The Kier molecular flexibility index (Phi) is 4.75. The van der Waals surface area contributed by atoms with Gasteiger partial charge in [0, 0.05) is 31.5 Å². The third kappa shape index (κ3) is 3.37. The van der Waals surface area contributed by atoms with Gasteiger partial charge in [0.05, 0.1) is 11.7 Å². The van der Waals surface area contributed by atoms with E-state index in [1.165, 1.54) is 0 Å². The number of rotatable bonds is 4. The van der Waals surface area contributed by atoms with Gasteiger partial charge in [-0.3, -0.25) is 0 Å². The zero-order chi connectivity index (χ0) is 18.2. The van der Waals surface area contributed by atoms with Gasteiger partial charge in [-0.1, -0.05) is 0 Å². The highest BCUT2D eigenvalue weighted by molar-refractivity contribution is 5.84. The first kappa shape index (κ1) is 17.8. The summed E-state index contributed by atoms with van der Waals surface area (Å²) < 4.78 is 23.1. The van der Waals surface area contributed by atoms with Crippen LogP contribution in [0.15, 0.2) is 27.4 Å². The summed E-state index contributed by atoms with van der Waals surface area (Å²) in [6.07, 6.45) is 1.28. The van der Waals surface area contributed by atoms with Crippen molar-refractivity contribution in [1.82, 2.24) is 0 Å². The fraction of sp³-hybridized carbons (Fsp3) is 0.526. The van der Waals surface area contributed by atoms with E-state index in [1.54, 1.807) is 20.2 Å². The van der Waals surface area contributed by atoms with E-state index in [4.69, 9.17) is 18.6 Å². The van der Waals surface area contributed by atoms with Crippen LogP contribution in [-0.4, -0.2) is 32.2 Å². The van der Waals surface area contributed by atoms with Gasteiger partial charge in [0.25, 0.3) is 0 Å². The first-order valence-electron chi connectivity index (χ1n) is 8.48. The van der Waals surface area contributed by atoms with E-state index in [1.807, 2.05) is 32.9 Å². The van der Waals surface area contributed by atoms with Gasteiger partial charge in [-0.05, 0) is 45.4 Å². The van der Waals surface area contributed by atoms with Crippen molar-refractivity contribution in [1.29, 1.82) is 0 Å². The van der Waals surface area contributed by atoms with E-state index in [0.29, 0.717) is 17.0 Å². The van der Waals surface area contributed by atoms with Gasteiger partial charge >= 0.3 is 5.63 Å². The summed E-state index contributed by atoms with van der Waals surface area (Å²) in [6, 6.07) is 5.55. The van der Waals surface area contributed by atoms with E-state index >= 15 is 0 Å². The van der Waals surface area contributed by atoms with E-state index in [-0.39, 0.29) is 12.4 Å². The smallest absolute Gasteiger partial charge is 0.359 e. The van der Waals surface area contributed by atoms with Crippen molar-refractivity contribution in [3.63, 3.8) is 0 Å². The maximum atomic E-state index is 12.0. The summed E-state index contributed by atoms with van der Waals surface area (Å²) in [4.78, 5) is 12.0. The monoisotopic (exact) mass is 347 g/mol. The topological polar surface area (TPSA) is 69.9 Å². The van der Waals surface area contributed by atoms with Gasteiger partial charge in [0.2, 0.25) is 6.29 Å². The van der Waals surface area contributed by atoms with Crippen LogP contribution in [0.3, 0.4) is 0 Å². The van der Waals surface area contributed by atoms with Gasteiger partial charge in [-0.25, -0.2) is 4.79 Å². The fourth-order valence-electron chi connectivity index (χ4n) is 3.34. The van der Waals surface area contributed by atoms with Crippen LogP contribution in [0.1, 0.15) is 32.3 Å². The number of ether oxygens (including phenoxy) is 3. The Morgan fingerprint density at radius 3 is 2.68 bits per heavy atom. The van der Waals surface area contributed by atoms with E-state index in [9.17, 15) is 4.79 Å². The van der Waals surface area contributed by atoms with Crippen LogP contribution in [0.25, 0.3) is 11.0 Å². The first-order valence-corrected chi connectivity index (χ1v) is 8.48. The predicted octanol–water partition coefficient (Wildman–Crippen LogP) is 3.45. The van der Waals surface area contributed by atoms with Crippen LogP contribution in [0.4, 0.5) is 5.69 Å². The molecule has 1 N–H and O–H groups in total. The number of hydrogen-bond donors (Lipinski definition) is 1. The van der Waals surface area contributed by atoms with Gasteiger partial charge in [-0.15, -0.1) is 0 Å². The quantitative estimate of drug-likeness (QED) is 0.854. The summed E-state index contributed by atoms with van der Waals surface area (Å²) in [5.74, 6) is 0.657. The molecule has 1 aromatic carbocycles. The Hall–Kier alpha value is -2.05. The van der Waals surface area contributed by atoms with Crippen molar-refractivity contribution < 1.29 is 18.6 Å². The lowest BCUT2D eigenvalue weighted by Gasteiger charge is -2.41. The molecule has 1 aliphatic rings. The minimum atomic E-state index is -0.420. The highest BCUT2D eigenvalue weighted by atomic mass is 16.7. The third-order valence-corrected chi connectivity index (χ3v) is 4.79. The molecule has 0 aliphatic carbocycles. The summed E-state index contributed by atoms with van der Waals surface area (Å²) in [5, 5.41) is 3.68. The second-order valence-corrected chi connectivity index (χ2v) is 6.87. The van der Waals surface area contributed by atoms with Crippen LogP contribution in [0, 0.1) is 6.92 Å². The summed E-state index contributed by atoms with van der Waals surface area (Å²) in [6.45, 7) is 5.89. The number of anilines is 1. The molecule has 3 rings (SSSR count). The van der Waals surface area contributed by atoms with Crippen molar-refractivity contribution in [3.8, 4) is 5.75 Å². The number of fused-ring (bicyclic) bond motifs is 1. The fourth-order valence-corrected chi connectivity index (χ4v) is 3.34. The molecule has 0 saturated carbocycles. The van der Waals surface area contributed by atoms with Crippen molar-refractivity contribution in [3.05, 3.63) is 34.2 Å². The van der Waals surface area contributed by atoms with Gasteiger partial charge in [-0.2, -0.15) is 0 Å². The second-order valence-electron chi connectivity index (χ2n) is 6.87. The molecule has 2 atom stereocenters. The minimum Gasteiger partial charge on any atom is -0.465 e. The number of methoxy groups -OCH3 is 1. The Morgan fingerprint density at radius 2 is 2.04 bits per heavy atom. The lowest BCUT2D eigenvalue weighted by Crippen LogP contribution is -2.49. The Balaban J connectivity index is 1.87. The Morgan fingerprint density at radius 1 is 1.28 bits per heavy atom. The summed E-state index contributed by atoms with van der Waals surface area (Å²) in [5.41, 5.74) is 0.937. The molecule has 6 nitrogen and oxygen atoms in total. The second kappa shape index (κ2) is 6.69. The standard InChI is InChI=1S/C19H25NO5/c1-11-14(23-16-9-8-15(22-5)19(2,3)25-16)7-6-12-10-13(20-4)18(21)24-17(11)12/h6-7,10,15-16,20H,8-9H2,1-5H3. The van der Waals surface area contributed by atoms with Gasteiger partial charge in [0.15, 0.2) is 0 Å². The molecular formula is C19H25NO5. The van der Waals surface area contributed by atoms with Crippen LogP contribution >= 0.6 is 0 Å². The van der Waals surface area contributed by atoms with Crippen molar-refractivity contribution in [2.45, 2.75) is 51.6 Å². The molecule has 2 heterocycles. The molecule has 6 heteroatoms. The molecule has 0 bridgehead atoms. The largest absolute Gasteiger partial charge is 0.465 e. The third-order valence-electron chi connectivity index (χ3n) is 4.79. The van der Waals surface area contributed by atoms with Crippen LogP contribution < -0.4 is 15.7 Å². The van der Waals surface area contributed by atoms with E-state index in [0.717, 1.165) is 23.8 Å². The molecular weight excluding hydrogens is 322 g/mol. The molecule has 0 spiro atoms. The average Bonchev–Trinajstić information content (AvgIpc) is 2.57. The number of benzene rings is 1. The Bertz CT molecular complexity index is 826. The lowest BCUT2D eigenvalue weighted by atomic mass is 9.94. The van der Waals surface area contributed by atoms with Gasteiger partial charge < -0.3 is 23.9 Å². The SMILES string of the molecule is CNc1cc2ccc(OC3CCC(OC)C(C)(C)O3)c(C)c2oc1=O. The van der Waals surface area contributed by atoms with Crippen molar-refractivity contribution in [2.75, 3.05) is 19.5 Å². The molecule has 2 aromatic rings. The number of nitrogens with one attached hydrogen (secondary N) is 1. The zero-order valence-corrected chi connectivity index (χ0v) is 15.3. The Labute approximate surface area is 147 Å². The zero-order valence-electron chi connectivity index (χ0n) is 15.3. The molecule has 0 radical (unpaired) electrons. The van der Waals surface area contributed by atoms with E-state index in [2.05, 4.69) is 5.32 Å². The molecule has 1 fully saturated rings. The molecule has 1 aromatic heterocycles. The summed E-state index contributed by atoms with van der Waals surface area (Å²) >= 11 is 0. The first-order chi connectivity index (χ1) is 11.9. The molecule has 2 unspecified atom stereocenters. The minimum absolute atomic E-state index is 0.0445.